The highest BCUT2D eigenvalue weighted by Gasteiger charge is 2.21. The van der Waals surface area contributed by atoms with Gasteiger partial charge in [-0.05, 0) is 6.07 Å². The van der Waals surface area contributed by atoms with Gasteiger partial charge in [-0.3, -0.25) is 0 Å². The molecule has 17 heavy (non-hydrogen) atoms. The Morgan fingerprint density at radius 3 is 2.76 bits per heavy atom. The van der Waals surface area contributed by atoms with Crippen LogP contribution in [-0.4, -0.2) is 37.8 Å². The van der Waals surface area contributed by atoms with Crippen molar-refractivity contribution in [3.8, 4) is 5.75 Å². The summed E-state index contributed by atoms with van der Waals surface area (Å²) in [5.41, 5.74) is 1.29. The maximum Gasteiger partial charge on any atom is 0.135 e. The molecule has 0 saturated carbocycles. The predicted octanol–water partition coefficient (Wildman–Crippen LogP) is 1.27. The van der Waals surface area contributed by atoms with Gasteiger partial charge in [0.25, 0.3) is 0 Å². The van der Waals surface area contributed by atoms with Gasteiger partial charge in [0.05, 0.1) is 6.61 Å². The van der Waals surface area contributed by atoms with Crippen LogP contribution in [-0.2, 0) is 6.42 Å². The summed E-state index contributed by atoms with van der Waals surface area (Å²) in [4.78, 5) is 6.84. The number of nitrogens with zero attached hydrogens (tertiary/aromatic N) is 2. The summed E-state index contributed by atoms with van der Waals surface area (Å²) < 4.78 is 5.55. The summed E-state index contributed by atoms with van der Waals surface area (Å²) in [5.74, 6) is 2.16. The molecule has 1 aromatic heterocycles. The molecule has 2 aliphatic heterocycles. The first kappa shape index (κ1) is 14.4. The normalized spacial score (nSPS) is 17.5. The lowest BCUT2D eigenvalue weighted by Gasteiger charge is -2.29. The van der Waals surface area contributed by atoms with E-state index in [1.165, 1.54) is 5.56 Å². The van der Waals surface area contributed by atoms with Gasteiger partial charge < -0.3 is 15.0 Å². The third-order valence-electron chi connectivity index (χ3n) is 3.02. The van der Waals surface area contributed by atoms with Crippen molar-refractivity contribution in [3.63, 3.8) is 0 Å². The topological polar surface area (TPSA) is 37.4 Å². The molecule has 0 unspecified atom stereocenters. The molecular formula is C11H17Cl2N3O. The van der Waals surface area contributed by atoms with E-state index in [1.54, 1.807) is 0 Å². The second-order valence-corrected chi connectivity index (χ2v) is 3.95. The molecule has 3 heterocycles. The molecule has 0 aromatic carbocycles. The van der Waals surface area contributed by atoms with Gasteiger partial charge in [0.15, 0.2) is 0 Å². The van der Waals surface area contributed by atoms with Crippen LogP contribution in [0.1, 0.15) is 5.56 Å². The zero-order valence-electron chi connectivity index (χ0n) is 9.52. The van der Waals surface area contributed by atoms with Crippen molar-refractivity contribution in [3.05, 3.63) is 17.8 Å². The Labute approximate surface area is 114 Å². The van der Waals surface area contributed by atoms with Gasteiger partial charge in [0, 0.05) is 44.4 Å². The van der Waals surface area contributed by atoms with Crippen LogP contribution in [0.25, 0.3) is 0 Å². The number of fused-ring (bicyclic) bond motifs is 1. The van der Waals surface area contributed by atoms with E-state index in [4.69, 9.17) is 4.74 Å². The van der Waals surface area contributed by atoms with E-state index < -0.39 is 0 Å². The van der Waals surface area contributed by atoms with E-state index in [9.17, 15) is 0 Å². The monoisotopic (exact) mass is 277 g/mol. The van der Waals surface area contributed by atoms with E-state index in [-0.39, 0.29) is 24.8 Å². The Bertz CT molecular complexity index is 370. The van der Waals surface area contributed by atoms with Crippen LogP contribution in [0.15, 0.2) is 12.3 Å². The van der Waals surface area contributed by atoms with Crippen LogP contribution >= 0.6 is 24.8 Å². The summed E-state index contributed by atoms with van der Waals surface area (Å²) in [6.45, 7) is 4.99. The van der Waals surface area contributed by atoms with Crippen LogP contribution < -0.4 is 15.0 Å². The summed E-state index contributed by atoms with van der Waals surface area (Å²) in [6.07, 6.45) is 2.85. The lowest BCUT2D eigenvalue weighted by atomic mass is 10.2. The molecule has 1 N–H and O–H groups in total. The maximum absolute atomic E-state index is 5.55. The van der Waals surface area contributed by atoms with E-state index in [0.29, 0.717) is 0 Å². The Balaban J connectivity index is 0.000000722. The third kappa shape index (κ3) is 2.76. The molecular weight excluding hydrogens is 261 g/mol. The number of anilines is 1. The van der Waals surface area contributed by atoms with Crippen LogP contribution in [0.5, 0.6) is 5.75 Å². The molecule has 0 spiro atoms. The summed E-state index contributed by atoms with van der Waals surface area (Å²) in [7, 11) is 0. The van der Waals surface area contributed by atoms with Gasteiger partial charge in [-0.2, -0.15) is 0 Å². The van der Waals surface area contributed by atoms with E-state index in [0.717, 1.165) is 50.8 Å². The largest absolute Gasteiger partial charge is 0.493 e. The average molecular weight is 278 g/mol. The van der Waals surface area contributed by atoms with Crippen molar-refractivity contribution in [2.75, 3.05) is 37.7 Å². The molecule has 6 heteroatoms. The smallest absolute Gasteiger partial charge is 0.135 e. The molecule has 0 aliphatic carbocycles. The van der Waals surface area contributed by atoms with E-state index in [2.05, 4.69) is 15.2 Å². The van der Waals surface area contributed by atoms with E-state index in [1.807, 2.05) is 12.3 Å². The van der Waals surface area contributed by atoms with Crippen molar-refractivity contribution in [2.45, 2.75) is 6.42 Å². The zero-order chi connectivity index (χ0) is 10.1. The molecule has 3 rings (SSSR count). The van der Waals surface area contributed by atoms with Gasteiger partial charge >= 0.3 is 0 Å². The number of hydrogen-bond donors (Lipinski definition) is 1. The van der Waals surface area contributed by atoms with Crippen LogP contribution in [0.2, 0.25) is 0 Å². The number of nitrogens with one attached hydrogen (secondary N) is 1. The highest BCUT2D eigenvalue weighted by molar-refractivity contribution is 5.85. The predicted molar refractivity (Wildman–Crippen MR) is 73.0 cm³/mol. The number of hydrogen-bond acceptors (Lipinski definition) is 4. The van der Waals surface area contributed by atoms with Gasteiger partial charge in [0.1, 0.15) is 11.6 Å². The highest BCUT2D eigenvalue weighted by Crippen LogP contribution is 2.31. The van der Waals surface area contributed by atoms with Gasteiger partial charge in [-0.15, -0.1) is 24.8 Å². The minimum atomic E-state index is 0. The molecule has 0 atom stereocenters. The first-order valence-electron chi connectivity index (χ1n) is 5.51. The van der Waals surface area contributed by atoms with E-state index >= 15 is 0 Å². The lowest BCUT2D eigenvalue weighted by molar-refractivity contribution is 0.356. The number of aromatic nitrogens is 1. The standard InChI is InChI=1S/C11H15N3O.2ClH/c1-3-13-11(9-2-8-15-10(1)9)14-6-4-12-5-7-14;;/h1,3,12H,2,4-8H2;2*1H. The van der Waals surface area contributed by atoms with Crippen LogP contribution in [0, 0.1) is 0 Å². The molecule has 0 radical (unpaired) electrons. The minimum absolute atomic E-state index is 0. The zero-order valence-corrected chi connectivity index (χ0v) is 11.1. The Kier molecular flexibility index (Phi) is 5.31. The number of halogens is 2. The van der Waals surface area contributed by atoms with Crippen LogP contribution in [0.3, 0.4) is 0 Å². The maximum atomic E-state index is 5.55. The molecule has 1 fully saturated rings. The molecule has 96 valence electrons. The fourth-order valence-electron chi connectivity index (χ4n) is 2.25. The highest BCUT2D eigenvalue weighted by atomic mass is 35.5. The molecule has 1 aromatic rings. The van der Waals surface area contributed by atoms with Gasteiger partial charge in [-0.25, -0.2) is 4.98 Å². The third-order valence-corrected chi connectivity index (χ3v) is 3.02. The molecule has 1 saturated heterocycles. The number of piperazine rings is 1. The quantitative estimate of drug-likeness (QED) is 0.839. The van der Waals surface area contributed by atoms with Crippen molar-refractivity contribution in [1.82, 2.24) is 10.3 Å². The Morgan fingerprint density at radius 1 is 1.24 bits per heavy atom. The summed E-state index contributed by atoms with van der Waals surface area (Å²) in [6, 6.07) is 1.97. The minimum Gasteiger partial charge on any atom is -0.493 e. The SMILES string of the molecule is Cl.Cl.c1cc2c(c(N3CCNCC3)n1)CCO2. The van der Waals surface area contributed by atoms with Crippen molar-refractivity contribution >= 4 is 30.6 Å². The number of ether oxygens (including phenoxy) is 1. The lowest BCUT2D eigenvalue weighted by Crippen LogP contribution is -2.44. The summed E-state index contributed by atoms with van der Waals surface area (Å²) in [5, 5.41) is 3.35. The summed E-state index contributed by atoms with van der Waals surface area (Å²) >= 11 is 0. The molecule has 4 nitrogen and oxygen atoms in total. The van der Waals surface area contributed by atoms with Crippen molar-refractivity contribution < 1.29 is 4.74 Å². The van der Waals surface area contributed by atoms with Gasteiger partial charge in [0.2, 0.25) is 0 Å². The Morgan fingerprint density at radius 2 is 2.00 bits per heavy atom. The first-order valence-corrected chi connectivity index (χ1v) is 5.51. The van der Waals surface area contributed by atoms with Gasteiger partial charge in [-0.1, -0.05) is 0 Å². The molecule has 0 amide bonds. The average Bonchev–Trinajstić information content (AvgIpc) is 2.78. The van der Waals surface area contributed by atoms with Crippen molar-refractivity contribution in [2.24, 2.45) is 0 Å². The second kappa shape index (κ2) is 6.28. The van der Waals surface area contributed by atoms with Crippen molar-refractivity contribution in [1.29, 1.82) is 0 Å². The fourth-order valence-corrected chi connectivity index (χ4v) is 2.25. The second-order valence-electron chi connectivity index (χ2n) is 3.95. The fraction of sp³-hybridized carbons (Fsp3) is 0.545. The number of rotatable bonds is 1. The van der Waals surface area contributed by atoms with Crippen LogP contribution in [0.4, 0.5) is 5.82 Å². The first-order chi connectivity index (χ1) is 7.45. The molecule has 2 aliphatic rings. The molecule has 0 bridgehead atoms. The number of pyridine rings is 1. The Hall–Kier alpha value is -0.710.